The topological polar surface area (TPSA) is 3.24 Å². The van der Waals surface area contributed by atoms with Crippen molar-refractivity contribution < 1.29 is 0 Å². The van der Waals surface area contributed by atoms with Crippen LogP contribution in [0.5, 0.6) is 0 Å². The van der Waals surface area contributed by atoms with Crippen LogP contribution in [0.1, 0.15) is 49.9 Å². The Balaban J connectivity index is 1.09. The third kappa shape index (κ3) is 4.79. The lowest BCUT2D eigenvalue weighted by atomic mass is 9.81. The Labute approximate surface area is 333 Å². The highest BCUT2D eigenvalue weighted by Gasteiger charge is 2.38. The molecule has 11 rings (SSSR count). The molecule has 0 saturated carbocycles. The number of anilines is 3. The number of thiophene rings is 1. The molecule has 2 aliphatic rings. The number of hydrogen-bond acceptors (Lipinski definition) is 2. The molecule has 1 nitrogen and oxygen atoms in total. The third-order valence-electron chi connectivity index (χ3n) is 12.7. The molecule has 0 fully saturated rings. The smallest absolute Gasteiger partial charge is 0.0543 e. The number of benzene rings is 8. The second-order valence-corrected chi connectivity index (χ2v) is 17.6. The summed E-state index contributed by atoms with van der Waals surface area (Å²) in [5.74, 6) is 0. The first-order valence-electron chi connectivity index (χ1n) is 19.7. The van der Waals surface area contributed by atoms with Gasteiger partial charge in [0.05, 0.1) is 11.4 Å². The summed E-state index contributed by atoms with van der Waals surface area (Å²) < 4.78 is 2.64. The van der Waals surface area contributed by atoms with Crippen molar-refractivity contribution in [3.63, 3.8) is 0 Å². The highest BCUT2D eigenvalue weighted by molar-refractivity contribution is 7.25. The number of para-hydroxylation sites is 1. The van der Waals surface area contributed by atoms with Gasteiger partial charge < -0.3 is 4.90 Å². The molecule has 0 saturated heterocycles. The van der Waals surface area contributed by atoms with Crippen molar-refractivity contribution in [3.05, 3.63) is 198 Å². The van der Waals surface area contributed by atoms with Gasteiger partial charge in [-0.15, -0.1) is 11.3 Å². The molecular weight excluding hydrogens is 695 g/mol. The molecule has 268 valence electrons. The minimum atomic E-state index is -0.108. The minimum Gasteiger partial charge on any atom is -0.309 e. The third-order valence-corrected chi connectivity index (χ3v) is 13.9. The van der Waals surface area contributed by atoms with Crippen molar-refractivity contribution in [2.45, 2.75) is 38.5 Å². The second-order valence-electron chi connectivity index (χ2n) is 16.5. The largest absolute Gasteiger partial charge is 0.309 e. The number of nitrogens with zero attached hydrogens (tertiary/aromatic N) is 1. The zero-order chi connectivity index (χ0) is 37.8. The molecular formula is C54H41NS. The Morgan fingerprint density at radius 3 is 1.77 bits per heavy atom. The molecule has 1 aromatic heterocycles. The highest BCUT2D eigenvalue weighted by atomic mass is 32.1. The van der Waals surface area contributed by atoms with E-state index in [2.05, 4.69) is 209 Å². The highest BCUT2D eigenvalue weighted by Crippen LogP contribution is 2.55. The molecule has 0 atom stereocenters. The van der Waals surface area contributed by atoms with Crippen molar-refractivity contribution in [1.29, 1.82) is 0 Å². The second kappa shape index (κ2) is 12.1. The van der Waals surface area contributed by atoms with Gasteiger partial charge in [0.2, 0.25) is 0 Å². The van der Waals surface area contributed by atoms with E-state index in [9.17, 15) is 0 Å². The maximum Gasteiger partial charge on any atom is 0.0543 e. The average molecular weight is 736 g/mol. The predicted octanol–water partition coefficient (Wildman–Crippen LogP) is 15.5. The van der Waals surface area contributed by atoms with Crippen LogP contribution in [0, 0.1) is 0 Å². The lowest BCUT2D eigenvalue weighted by Crippen LogP contribution is -2.16. The van der Waals surface area contributed by atoms with Crippen molar-refractivity contribution in [1.82, 2.24) is 0 Å². The van der Waals surface area contributed by atoms with E-state index in [0.29, 0.717) is 0 Å². The van der Waals surface area contributed by atoms with Gasteiger partial charge in [0.15, 0.2) is 0 Å². The van der Waals surface area contributed by atoms with E-state index in [-0.39, 0.29) is 10.8 Å². The Kier molecular flexibility index (Phi) is 7.18. The molecule has 2 aliphatic carbocycles. The maximum atomic E-state index is 2.51. The zero-order valence-corrected chi connectivity index (χ0v) is 32.9. The number of hydrogen-bond donors (Lipinski definition) is 0. The van der Waals surface area contributed by atoms with Crippen LogP contribution in [0.4, 0.5) is 17.1 Å². The molecule has 2 heteroatoms. The van der Waals surface area contributed by atoms with E-state index in [1.165, 1.54) is 92.6 Å². The Hall–Kier alpha value is -6.22. The summed E-state index contributed by atoms with van der Waals surface area (Å²) in [5.41, 5.74) is 19.1. The molecule has 0 bridgehead atoms. The van der Waals surface area contributed by atoms with Gasteiger partial charge in [0.25, 0.3) is 0 Å². The van der Waals surface area contributed by atoms with E-state index < -0.39 is 0 Å². The van der Waals surface area contributed by atoms with E-state index in [4.69, 9.17) is 0 Å². The summed E-state index contributed by atoms with van der Waals surface area (Å²) >= 11 is 1.87. The molecule has 0 N–H and O–H groups in total. The van der Waals surface area contributed by atoms with Crippen LogP contribution in [0.3, 0.4) is 0 Å². The van der Waals surface area contributed by atoms with Crippen LogP contribution in [0.15, 0.2) is 176 Å². The monoisotopic (exact) mass is 735 g/mol. The molecule has 0 unspecified atom stereocenters. The Bertz CT molecular complexity index is 3030. The standard InChI is InChI=1S/C54H41NS/c1-53(2)45-19-10-6-17-42(45)52-46(53)20-13-22-49(52)55(48-21-11-7-14-38(48)36-27-31-51-43(32-36)41-16-8-12-23-50(41)56-51)37-28-24-34(25-29-37)35-26-30-40-39-15-5-9-18-44(39)54(3,4)47(40)33-35/h5-33H,1-4H3. The molecule has 9 aromatic rings. The van der Waals surface area contributed by atoms with E-state index >= 15 is 0 Å². The lowest BCUT2D eigenvalue weighted by Gasteiger charge is -2.30. The maximum absolute atomic E-state index is 2.51. The molecule has 0 amide bonds. The number of rotatable bonds is 5. The van der Waals surface area contributed by atoms with Crippen LogP contribution in [-0.4, -0.2) is 0 Å². The van der Waals surface area contributed by atoms with Crippen molar-refractivity contribution >= 4 is 48.6 Å². The van der Waals surface area contributed by atoms with E-state index in [0.717, 1.165) is 11.4 Å². The van der Waals surface area contributed by atoms with Crippen molar-refractivity contribution in [2.24, 2.45) is 0 Å². The fraction of sp³-hybridized carbons (Fsp3) is 0.111. The average Bonchev–Trinajstić information content (AvgIpc) is 3.81. The summed E-state index contributed by atoms with van der Waals surface area (Å²) in [4.78, 5) is 2.51. The summed E-state index contributed by atoms with van der Waals surface area (Å²) in [6.07, 6.45) is 0. The summed E-state index contributed by atoms with van der Waals surface area (Å²) in [6, 6.07) is 65.8. The first-order chi connectivity index (χ1) is 27.3. The Morgan fingerprint density at radius 2 is 0.946 bits per heavy atom. The first-order valence-corrected chi connectivity index (χ1v) is 20.5. The molecule has 1 heterocycles. The van der Waals surface area contributed by atoms with Crippen LogP contribution < -0.4 is 4.90 Å². The van der Waals surface area contributed by atoms with Gasteiger partial charge >= 0.3 is 0 Å². The van der Waals surface area contributed by atoms with Gasteiger partial charge in [-0.3, -0.25) is 0 Å². The fourth-order valence-electron chi connectivity index (χ4n) is 9.82. The van der Waals surface area contributed by atoms with Crippen LogP contribution >= 0.6 is 11.3 Å². The van der Waals surface area contributed by atoms with Crippen molar-refractivity contribution in [3.8, 4) is 44.5 Å². The van der Waals surface area contributed by atoms with Crippen molar-refractivity contribution in [2.75, 3.05) is 4.90 Å². The lowest BCUT2D eigenvalue weighted by molar-refractivity contribution is 0.660. The van der Waals surface area contributed by atoms with Crippen LogP contribution in [0.2, 0.25) is 0 Å². The van der Waals surface area contributed by atoms with Gasteiger partial charge in [0, 0.05) is 47.8 Å². The van der Waals surface area contributed by atoms with Gasteiger partial charge in [-0.2, -0.15) is 0 Å². The molecule has 8 aromatic carbocycles. The van der Waals surface area contributed by atoms with Gasteiger partial charge in [-0.1, -0.05) is 155 Å². The van der Waals surface area contributed by atoms with Crippen LogP contribution in [0.25, 0.3) is 64.7 Å². The summed E-state index contributed by atoms with van der Waals surface area (Å²) in [6.45, 7) is 9.45. The SMILES string of the molecule is CC1(C)c2ccccc2-c2ccc(-c3ccc(N(c4ccccc4-c4ccc5sc6ccccc6c5c4)c4cccc5c4-c4ccccc4C5(C)C)cc3)cc21. The number of fused-ring (bicyclic) bond motifs is 9. The van der Waals surface area contributed by atoms with E-state index in [1.807, 2.05) is 11.3 Å². The summed E-state index contributed by atoms with van der Waals surface area (Å²) in [5, 5.41) is 2.63. The minimum absolute atomic E-state index is 0.0432. The van der Waals surface area contributed by atoms with Gasteiger partial charge in [-0.25, -0.2) is 0 Å². The van der Waals surface area contributed by atoms with Gasteiger partial charge in [0.1, 0.15) is 0 Å². The van der Waals surface area contributed by atoms with Crippen LogP contribution in [-0.2, 0) is 10.8 Å². The predicted molar refractivity (Wildman–Crippen MR) is 240 cm³/mol. The normalized spacial score (nSPS) is 14.4. The quantitative estimate of drug-likeness (QED) is 0.170. The molecule has 0 radical (unpaired) electrons. The first kappa shape index (κ1) is 33.1. The molecule has 0 aliphatic heterocycles. The Morgan fingerprint density at radius 1 is 0.375 bits per heavy atom. The zero-order valence-electron chi connectivity index (χ0n) is 32.1. The molecule has 56 heavy (non-hydrogen) atoms. The van der Waals surface area contributed by atoms with Gasteiger partial charge in [-0.05, 0) is 104 Å². The summed E-state index contributed by atoms with van der Waals surface area (Å²) in [7, 11) is 0. The fourth-order valence-corrected chi connectivity index (χ4v) is 10.9. The molecule has 0 spiro atoms. The van der Waals surface area contributed by atoms with E-state index in [1.54, 1.807) is 0 Å².